The number of nitrogens with zero attached hydrogens (tertiary/aromatic N) is 2. The smallest absolute Gasteiger partial charge is 0.265 e. The van der Waals surface area contributed by atoms with Crippen LogP contribution < -0.4 is 23.8 Å². The van der Waals surface area contributed by atoms with E-state index in [-0.39, 0.29) is 17.5 Å². The van der Waals surface area contributed by atoms with Crippen molar-refractivity contribution in [2.75, 3.05) is 38.2 Å². The molecule has 5 rings (SSSR count). The lowest BCUT2D eigenvalue weighted by Crippen LogP contribution is -2.44. The zero-order chi connectivity index (χ0) is 26.5. The Kier molecular flexibility index (Phi) is 7.67. The van der Waals surface area contributed by atoms with Gasteiger partial charge in [-0.3, -0.25) is 9.29 Å². The van der Waals surface area contributed by atoms with Crippen molar-refractivity contribution in [1.29, 1.82) is 0 Å². The number of hydrogen-bond acceptors (Lipinski definition) is 7. The van der Waals surface area contributed by atoms with Gasteiger partial charge in [-0.15, -0.1) is 0 Å². The summed E-state index contributed by atoms with van der Waals surface area (Å²) < 4.78 is 46.3. The second-order valence-electron chi connectivity index (χ2n) is 9.07. The van der Waals surface area contributed by atoms with Crippen molar-refractivity contribution in [1.82, 2.24) is 10.3 Å². The fourth-order valence-electron chi connectivity index (χ4n) is 4.73. The highest BCUT2D eigenvalue weighted by Gasteiger charge is 2.35. The molecule has 0 spiro atoms. The summed E-state index contributed by atoms with van der Waals surface area (Å²) in [5.74, 6) is 1.99. The van der Waals surface area contributed by atoms with Gasteiger partial charge in [0.1, 0.15) is 11.9 Å². The van der Waals surface area contributed by atoms with Gasteiger partial charge < -0.3 is 19.5 Å². The lowest BCUT2D eigenvalue weighted by atomic mass is 10.1. The molecule has 198 valence electrons. The highest BCUT2D eigenvalue weighted by molar-refractivity contribution is 7.93. The number of para-hydroxylation sites is 2. The number of sulfonamides is 1. The highest BCUT2D eigenvalue weighted by Crippen LogP contribution is 2.38. The Hall–Kier alpha value is -3.82. The third kappa shape index (κ3) is 5.25. The minimum Gasteiger partial charge on any atom is -0.493 e. The van der Waals surface area contributed by atoms with Crippen molar-refractivity contribution in [2.45, 2.75) is 23.8 Å². The molecule has 0 saturated heterocycles. The van der Waals surface area contributed by atoms with Crippen LogP contribution in [-0.4, -0.2) is 53.4 Å². The number of benzene rings is 3. The molecular formula is C29H31N3O5S. The summed E-state index contributed by atoms with van der Waals surface area (Å²) in [6.45, 7) is 1.69. The second kappa shape index (κ2) is 11.3. The monoisotopic (exact) mass is 533 g/mol. The van der Waals surface area contributed by atoms with Gasteiger partial charge in [0.2, 0.25) is 0 Å². The molecule has 1 N–H and O–H groups in total. The largest absolute Gasteiger partial charge is 0.493 e. The number of pyridine rings is 1. The highest BCUT2D eigenvalue weighted by atomic mass is 32.2. The molecule has 1 atom stereocenters. The molecule has 0 saturated carbocycles. The number of hydrogen-bond donors (Lipinski definition) is 1. The first-order valence-corrected chi connectivity index (χ1v) is 14.0. The maximum absolute atomic E-state index is 14.0. The Morgan fingerprint density at radius 3 is 2.68 bits per heavy atom. The Balaban J connectivity index is 1.27. The average molecular weight is 534 g/mol. The molecule has 0 fully saturated rings. The molecule has 9 heteroatoms. The molecular weight excluding hydrogens is 502 g/mol. The van der Waals surface area contributed by atoms with E-state index in [1.54, 1.807) is 50.9 Å². The second-order valence-corrected chi connectivity index (χ2v) is 10.9. The van der Waals surface area contributed by atoms with E-state index < -0.39 is 10.0 Å². The van der Waals surface area contributed by atoms with Crippen molar-refractivity contribution >= 4 is 26.5 Å². The van der Waals surface area contributed by atoms with Crippen LogP contribution in [0.4, 0.5) is 5.69 Å². The minimum atomic E-state index is -3.84. The van der Waals surface area contributed by atoms with Crippen molar-refractivity contribution < 1.29 is 22.6 Å². The van der Waals surface area contributed by atoms with E-state index in [9.17, 15) is 8.42 Å². The number of rotatable bonds is 10. The maximum atomic E-state index is 14.0. The summed E-state index contributed by atoms with van der Waals surface area (Å²) in [4.78, 5) is 4.40. The van der Waals surface area contributed by atoms with Crippen LogP contribution in [0.5, 0.6) is 17.2 Å². The molecule has 1 aliphatic rings. The molecule has 2 heterocycles. The Labute approximate surface area is 223 Å². The van der Waals surface area contributed by atoms with Gasteiger partial charge in [-0.25, -0.2) is 8.42 Å². The summed E-state index contributed by atoms with van der Waals surface area (Å²) in [5, 5.41) is 4.89. The lowest BCUT2D eigenvalue weighted by molar-refractivity contribution is 0.189. The number of aromatic nitrogens is 1. The lowest BCUT2D eigenvalue weighted by Gasteiger charge is -2.35. The van der Waals surface area contributed by atoms with E-state index in [1.807, 2.05) is 42.5 Å². The van der Waals surface area contributed by atoms with E-state index in [0.29, 0.717) is 41.3 Å². The zero-order valence-electron chi connectivity index (χ0n) is 21.5. The summed E-state index contributed by atoms with van der Waals surface area (Å²) in [7, 11) is -0.586. The van der Waals surface area contributed by atoms with E-state index in [2.05, 4.69) is 10.3 Å². The number of anilines is 1. The van der Waals surface area contributed by atoms with Crippen LogP contribution in [0.3, 0.4) is 0 Å². The number of nitrogens with one attached hydrogen (secondary N) is 1. The molecule has 0 radical (unpaired) electrons. The fourth-order valence-corrected chi connectivity index (χ4v) is 6.46. The van der Waals surface area contributed by atoms with Crippen LogP contribution in [-0.2, 0) is 16.4 Å². The van der Waals surface area contributed by atoms with E-state index in [0.717, 1.165) is 23.9 Å². The van der Waals surface area contributed by atoms with Gasteiger partial charge in [0, 0.05) is 23.2 Å². The minimum absolute atomic E-state index is 0.234. The summed E-state index contributed by atoms with van der Waals surface area (Å²) in [5.41, 5.74) is 1.69. The van der Waals surface area contributed by atoms with E-state index in [4.69, 9.17) is 14.2 Å². The van der Waals surface area contributed by atoms with Crippen molar-refractivity contribution in [3.05, 3.63) is 84.7 Å². The normalized spacial score (nSPS) is 15.1. The molecule has 38 heavy (non-hydrogen) atoms. The number of methoxy groups -OCH3 is 2. The molecule has 1 unspecified atom stereocenters. The van der Waals surface area contributed by atoms with Crippen LogP contribution in [0.1, 0.15) is 12.0 Å². The van der Waals surface area contributed by atoms with E-state index >= 15 is 0 Å². The van der Waals surface area contributed by atoms with Crippen LogP contribution in [0, 0.1) is 0 Å². The Bertz CT molecular complexity index is 1520. The number of ether oxygens (including phenoxy) is 3. The standard InChI is InChI=1S/C29H31N3O5S/c1-35-27-11-10-21(18-28(27)36-2)12-15-30-16-13-23-20-32(25-7-3-4-8-26(25)37-23)38(33,34)29-9-5-6-22-19-31-17-14-24(22)29/h3-11,14,17-19,23,30H,12-13,15-16,20H2,1-2H3. The van der Waals surface area contributed by atoms with Gasteiger partial charge in [0.15, 0.2) is 11.5 Å². The summed E-state index contributed by atoms with van der Waals surface area (Å²) in [6, 6.07) is 20.2. The molecule has 8 nitrogen and oxygen atoms in total. The fraction of sp³-hybridized carbons (Fsp3) is 0.276. The first-order valence-electron chi connectivity index (χ1n) is 12.5. The van der Waals surface area contributed by atoms with Crippen LogP contribution in [0.15, 0.2) is 84.0 Å². The van der Waals surface area contributed by atoms with Gasteiger partial charge in [-0.1, -0.05) is 30.3 Å². The van der Waals surface area contributed by atoms with E-state index in [1.165, 1.54) is 4.31 Å². The molecule has 1 aromatic heterocycles. The maximum Gasteiger partial charge on any atom is 0.265 e. The summed E-state index contributed by atoms with van der Waals surface area (Å²) in [6.07, 6.45) is 4.49. The first kappa shape index (κ1) is 25.8. The first-order chi connectivity index (χ1) is 18.5. The molecule has 0 amide bonds. The SMILES string of the molecule is COc1ccc(CCNCCC2CN(S(=O)(=O)c3cccc4cnccc34)c3ccccc3O2)cc1OC. The van der Waals surface area contributed by atoms with Gasteiger partial charge in [0.05, 0.1) is 31.3 Å². The van der Waals surface area contributed by atoms with Crippen LogP contribution >= 0.6 is 0 Å². The molecule has 0 aliphatic carbocycles. The molecule has 3 aromatic carbocycles. The average Bonchev–Trinajstić information content (AvgIpc) is 2.96. The number of fused-ring (bicyclic) bond motifs is 2. The Morgan fingerprint density at radius 2 is 1.84 bits per heavy atom. The van der Waals surface area contributed by atoms with Crippen molar-refractivity contribution in [2.24, 2.45) is 0 Å². The summed E-state index contributed by atoms with van der Waals surface area (Å²) >= 11 is 0. The Morgan fingerprint density at radius 1 is 1.00 bits per heavy atom. The molecule has 4 aromatic rings. The molecule has 0 bridgehead atoms. The van der Waals surface area contributed by atoms with Gasteiger partial charge >= 0.3 is 0 Å². The molecule has 1 aliphatic heterocycles. The predicted octanol–water partition coefficient (Wildman–Crippen LogP) is 4.43. The van der Waals surface area contributed by atoms with Gasteiger partial charge in [-0.05, 0) is 67.9 Å². The third-order valence-electron chi connectivity index (χ3n) is 6.69. The van der Waals surface area contributed by atoms with Crippen molar-refractivity contribution in [3.63, 3.8) is 0 Å². The van der Waals surface area contributed by atoms with Gasteiger partial charge in [-0.2, -0.15) is 0 Å². The van der Waals surface area contributed by atoms with Crippen LogP contribution in [0.2, 0.25) is 0 Å². The zero-order valence-corrected chi connectivity index (χ0v) is 22.3. The quantitative estimate of drug-likeness (QED) is 0.302. The topological polar surface area (TPSA) is 90.0 Å². The van der Waals surface area contributed by atoms with Crippen LogP contribution in [0.25, 0.3) is 10.8 Å². The predicted molar refractivity (Wildman–Crippen MR) is 148 cm³/mol. The van der Waals surface area contributed by atoms with Crippen molar-refractivity contribution in [3.8, 4) is 17.2 Å². The third-order valence-corrected chi connectivity index (χ3v) is 8.53. The van der Waals surface area contributed by atoms with Gasteiger partial charge in [0.25, 0.3) is 10.0 Å².